The highest BCUT2D eigenvalue weighted by atomic mass is 32.1. The second-order valence-corrected chi connectivity index (χ2v) is 5.44. The van der Waals surface area contributed by atoms with Gasteiger partial charge in [0, 0.05) is 4.88 Å². The summed E-state index contributed by atoms with van der Waals surface area (Å²) in [6.07, 6.45) is 0. The van der Waals surface area contributed by atoms with Crippen molar-refractivity contribution >= 4 is 11.3 Å². The minimum absolute atomic E-state index is 0.0844. The molecular weight excluding hydrogens is 228 g/mol. The highest BCUT2D eigenvalue weighted by Crippen LogP contribution is 2.30. The van der Waals surface area contributed by atoms with Gasteiger partial charge in [0.1, 0.15) is 0 Å². The molecule has 1 atom stereocenters. The Hall–Kier alpha value is -1.16. The first-order valence-corrected chi connectivity index (χ1v) is 6.59. The molecule has 2 aromatic rings. The first-order valence-electron chi connectivity index (χ1n) is 5.71. The van der Waals surface area contributed by atoms with Crippen LogP contribution in [-0.4, -0.2) is 0 Å². The largest absolute Gasteiger partial charge is 0.271 e. The van der Waals surface area contributed by atoms with E-state index in [2.05, 4.69) is 55.8 Å². The Morgan fingerprint density at radius 2 is 1.88 bits per heavy atom. The van der Waals surface area contributed by atoms with Gasteiger partial charge in [0.05, 0.1) is 6.04 Å². The minimum atomic E-state index is 0.0844. The number of rotatable bonds is 3. The normalized spacial score (nSPS) is 12.7. The van der Waals surface area contributed by atoms with E-state index in [4.69, 9.17) is 5.84 Å². The summed E-state index contributed by atoms with van der Waals surface area (Å²) in [5.74, 6) is 5.74. The van der Waals surface area contributed by atoms with Gasteiger partial charge in [0.25, 0.3) is 0 Å². The van der Waals surface area contributed by atoms with Crippen molar-refractivity contribution in [1.29, 1.82) is 0 Å². The predicted octanol–water partition coefficient (Wildman–Crippen LogP) is 3.23. The molecule has 17 heavy (non-hydrogen) atoms. The molecule has 1 unspecified atom stereocenters. The van der Waals surface area contributed by atoms with Gasteiger partial charge in [-0.05, 0) is 54.5 Å². The SMILES string of the molecule is Cc1cccc(C(NN)c2ccsc2C)c1C. The van der Waals surface area contributed by atoms with Crippen LogP contribution in [0.1, 0.15) is 33.2 Å². The molecular formula is C14H18N2S. The number of nitrogens with one attached hydrogen (secondary N) is 1. The number of aryl methyl sites for hydroxylation is 2. The summed E-state index contributed by atoms with van der Waals surface area (Å²) in [5, 5.41) is 2.11. The van der Waals surface area contributed by atoms with Crippen molar-refractivity contribution in [3.8, 4) is 0 Å². The zero-order chi connectivity index (χ0) is 12.4. The van der Waals surface area contributed by atoms with Crippen LogP contribution in [0.25, 0.3) is 0 Å². The Morgan fingerprint density at radius 1 is 1.12 bits per heavy atom. The molecule has 0 saturated heterocycles. The van der Waals surface area contributed by atoms with Crippen molar-refractivity contribution in [3.05, 3.63) is 56.8 Å². The third-order valence-electron chi connectivity index (χ3n) is 3.33. The molecule has 3 heteroatoms. The quantitative estimate of drug-likeness (QED) is 0.644. The molecule has 0 spiro atoms. The van der Waals surface area contributed by atoms with Crippen LogP contribution in [-0.2, 0) is 0 Å². The van der Waals surface area contributed by atoms with Gasteiger partial charge in [-0.1, -0.05) is 18.2 Å². The Balaban J connectivity index is 2.50. The van der Waals surface area contributed by atoms with Crippen molar-refractivity contribution in [2.24, 2.45) is 5.84 Å². The van der Waals surface area contributed by atoms with E-state index >= 15 is 0 Å². The van der Waals surface area contributed by atoms with Gasteiger partial charge in [-0.25, -0.2) is 5.43 Å². The molecule has 0 fully saturated rings. The smallest absolute Gasteiger partial charge is 0.0723 e. The monoisotopic (exact) mass is 246 g/mol. The van der Waals surface area contributed by atoms with E-state index < -0.39 is 0 Å². The number of hydrogen-bond acceptors (Lipinski definition) is 3. The van der Waals surface area contributed by atoms with Crippen molar-refractivity contribution in [3.63, 3.8) is 0 Å². The number of benzene rings is 1. The van der Waals surface area contributed by atoms with E-state index in [-0.39, 0.29) is 6.04 Å². The second-order valence-electron chi connectivity index (χ2n) is 4.32. The average Bonchev–Trinajstić information content (AvgIpc) is 2.72. The van der Waals surface area contributed by atoms with Gasteiger partial charge >= 0.3 is 0 Å². The van der Waals surface area contributed by atoms with Crippen molar-refractivity contribution < 1.29 is 0 Å². The standard InChI is InChI=1S/C14H18N2S/c1-9-5-4-6-12(10(9)2)14(16-15)13-7-8-17-11(13)3/h4-8,14,16H,15H2,1-3H3. The molecule has 0 bridgehead atoms. The zero-order valence-electron chi connectivity index (χ0n) is 10.4. The lowest BCUT2D eigenvalue weighted by Gasteiger charge is -2.20. The molecule has 0 aliphatic heterocycles. The van der Waals surface area contributed by atoms with Gasteiger partial charge in [-0.3, -0.25) is 5.84 Å². The van der Waals surface area contributed by atoms with E-state index in [1.54, 1.807) is 11.3 Å². The topological polar surface area (TPSA) is 38.0 Å². The summed E-state index contributed by atoms with van der Waals surface area (Å²) in [5.41, 5.74) is 8.07. The zero-order valence-corrected chi connectivity index (χ0v) is 11.3. The number of hydrazine groups is 1. The molecule has 2 nitrogen and oxygen atoms in total. The maximum absolute atomic E-state index is 5.74. The lowest BCUT2D eigenvalue weighted by molar-refractivity contribution is 0.632. The van der Waals surface area contributed by atoms with Gasteiger partial charge in [0.15, 0.2) is 0 Å². The molecule has 1 aromatic heterocycles. The van der Waals surface area contributed by atoms with Crippen LogP contribution in [0, 0.1) is 20.8 Å². The highest BCUT2D eigenvalue weighted by molar-refractivity contribution is 7.10. The van der Waals surface area contributed by atoms with Crippen LogP contribution in [0.15, 0.2) is 29.6 Å². The Bertz CT molecular complexity index is 517. The van der Waals surface area contributed by atoms with Gasteiger partial charge in [-0.2, -0.15) is 0 Å². The summed E-state index contributed by atoms with van der Waals surface area (Å²) in [4.78, 5) is 1.31. The van der Waals surface area contributed by atoms with Crippen LogP contribution in [0.4, 0.5) is 0 Å². The van der Waals surface area contributed by atoms with Crippen molar-refractivity contribution in [2.75, 3.05) is 0 Å². The molecule has 0 aliphatic rings. The van der Waals surface area contributed by atoms with Crippen LogP contribution in [0.5, 0.6) is 0 Å². The molecule has 0 radical (unpaired) electrons. The minimum Gasteiger partial charge on any atom is -0.271 e. The van der Waals surface area contributed by atoms with Crippen molar-refractivity contribution in [1.82, 2.24) is 5.43 Å². The molecule has 3 N–H and O–H groups in total. The fraction of sp³-hybridized carbons (Fsp3) is 0.286. The summed E-state index contributed by atoms with van der Waals surface area (Å²) in [6, 6.07) is 8.59. The molecule has 1 heterocycles. The average molecular weight is 246 g/mol. The van der Waals surface area contributed by atoms with Gasteiger partial charge < -0.3 is 0 Å². The van der Waals surface area contributed by atoms with E-state index in [0.717, 1.165) is 0 Å². The Kier molecular flexibility index (Phi) is 3.62. The van der Waals surface area contributed by atoms with Crippen LogP contribution in [0.2, 0.25) is 0 Å². The lowest BCUT2D eigenvalue weighted by atomic mass is 9.93. The number of nitrogens with two attached hydrogens (primary N) is 1. The number of thiophene rings is 1. The lowest BCUT2D eigenvalue weighted by Crippen LogP contribution is -2.29. The summed E-state index contributed by atoms with van der Waals surface area (Å²) < 4.78 is 0. The van der Waals surface area contributed by atoms with Crippen LogP contribution in [0.3, 0.4) is 0 Å². The maximum Gasteiger partial charge on any atom is 0.0723 e. The summed E-state index contributed by atoms with van der Waals surface area (Å²) in [7, 11) is 0. The van der Waals surface area contributed by atoms with Gasteiger partial charge in [-0.15, -0.1) is 11.3 Å². The first-order chi connectivity index (χ1) is 8.15. The van der Waals surface area contributed by atoms with Crippen LogP contribution >= 0.6 is 11.3 Å². The molecule has 1 aromatic carbocycles. The van der Waals surface area contributed by atoms with E-state index in [1.807, 2.05) is 0 Å². The van der Waals surface area contributed by atoms with E-state index in [9.17, 15) is 0 Å². The Morgan fingerprint density at radius 3 is 2.47 bits per heavy atom. The third-order valence-corrected chi connectivity index (χ3v) is 4.20. The summed E-state index contributed by atoms with van der Waals surface area (Å²) in [6.45, 7) is 6.42. The van der Waals surface area contributed by atoms with E-state index in [0.29, 0.717) is 0 Å². The van der Waals surface area contributed by atoms with E-state index in [1.165, 1.54) is 27.1 Å². The fourth-order valence-electron chi connectivity index (χ4n) is 2.13. The van der Waals surface area contributed by atoms with Crippen LogP contribution < -0.4 is 11.3 Å². The molecule has 0 amide bonds. The molecule has 2 rings (SSSR count). The number of hydrogen-bond donors (Lipinski definition) is 2. The molecule has 0 aliphatic carbocycles. The van der Waals surface area contributed by atoms with Crippen molar-refractivity contribution in [2.45, 2.75) is 26.8 Å². The third kappa shape index (κ3) is 2.27. The Labute approximate surface area is 106 Å². The maximum atomic E-state index is 5.74. The second kappa shape index (κ2) is 5.00. The highest BCUT2D eigenvalue weighted by Gasteiger charge is 2.17. The first kappa shape index (κ1) is 12.3. The fourth-order valence-corrected chi connectivity index (χ4v) is 2.87. The van der Waals surface area contributed by atoms with Gasteiger partial charge in [0.2, 0.25) is 0 Å². The molecule has 0 saturated carbocycles. The molecule has 90 valence electrons. The summed E-state index contributed by atoms with van der Waals surface area (Å²) >= 11 is 1.76. The predicted molar refractivity (Wildman–Crippen MR) is 74.1 cm³/mol.